The number of esters is 1. The Morgan fingerprint density at radius 2 is 1.91 bits per heavy atom. The second kappa shape index (κ2) is 9.87. The number of phenols is 2. The number of aromatic hydroxyl groups is 2. The highest BCUT2D eigenvalue weighted by molar-refractivity contribution is 5.87. The molecule has 0 spiro atoms. The normalized spacial score (nSPS) is 12.5. The standard InChI is InChI=1S/C18H26O4/c1-3-4-5-6-7-8-14(2)22-18(21)12-10-15-9-11-16(19)17(20)13-15/h9-14,19-20H,3-8H2,1-2H3/b12-10+. The van der Waals surface area contributed by atoms with Crippen LogP contribution >= 0.6 is 0 Å². The molecule has 22 heavy (non-hydrogen) atoms. The van der Waals surface area contributed by atoms with Crippen molar-refractivity contribution in [2.45, 2.75) is 58.5 Å². The van der Waals surface area contributed by atoms with Gasteiger partial charge in [-0.1, -0.05) is 38.7 Å². The largest absolute Gasteiger partial charge is 0.504 e. The van der Waals surface area contributed by atoms with Crippen LogP contribution in [0.5, 0.6) is 11.5 Å². The van der Waals surface area contributed by atoms with Gasteiger partial charge in [0.1, 0.15) is 0 Å². The summed E-state index contributed by atoms with van der Waals surface area (Å²) in [4.78, 5) is 11.7. The van der Waals surface area contributed by atoms with Crippen molar-refractivity contribution in [3.05, 3.63) is 29.8 Å². The molecule has 0 aliphatic carbocycles. The van der Waals surface area contributed by atoms with Gasteiger partial charge >= 0.3 is 5.97 Å². The number of ether oxygens (including phenoxy) is 1. The second-order valence-electron chi connectivity index (χ2n) is 5.53. The van der Waals surface area contributed by atoms with Crippen molar-refractivity contribution in [2.24, 2.45) is 0 Å². The topological polar surface area (TPSA) is 66.8 Å². The first kappa shape index (κ1) is 18.1. The van der Waals surface area contributed by atoms with Gasteiger partial charge in [0.2, 0.25) is 0 Å². The average Bonchev–Trinajstić information content (AvgIpc) is 2.48. The average molecular weight is 306 g/mol. The third-order valence-electron chi connectivity index (χ3n) is 3.44. The maximum atomic E-state index is 11.7. The van der Waals surface area contributed by atoms with Gasteiger partial charge in [0.05, 0.1) is 6.10 Å². The highest BCUT2D eigenvalue weighted by Crippen LogP contribution is 2.25. The first-order chi connectivity index (χ1) is 10.5. The molecule has 2 N–H and O–H groups in total. The van der Waals surface area contributed by atoms with Crippen molar-refractivity contribution in [3.8, 4) is 11.5 Å². The second-order valence-corrected chi connectivity index (χ2v) is 5.53. The molecular weight excluding hydrogens is 280 g/mol. The molecule has 0 aromatic heterocycles. The Hall–Kier alpha value is -1.97. The van der Waals surface area contributed by atoms with E-state index in [4.69, 9.17) is 4.74 Å². The van der Waals surface area contributed by atoms with Crippen LogP contribution in [0, 0.1) is 0 Å². The Labute approximate surface area is 132 Å². The lowest BCUT2D eigenvalue weighted by atomic mass is 10.1. The van der Waals surface area contributed by atoms with E-state index in [1.165, 1.54) is 43.9 Å². The highest BCUT2D eigenvalue weighted by Gasteiger charge is 2.06. The Morgan fingerprint density at radius 3 is 2.59 bits per heavy atom. The Balaban J connectivity index is 2.32. The Morgan fingerprint density at radius 1 is 1.18 bits per heavy atom. The van der Waals surface area contributed by atoms with E-state index >= 15 is 0 Å². The van der Waals surface area contributed by atoms with E-state index in [1.807, 2.05) is 6.92 Å². The van der Waals surface area contributed by atoms with E-state index in [2.05, 4.69) is 6.92 Å². The molecule has 0 aliphatic heterocycles. The van der Waals surface area contributed by atoms with E-state index in [9.17, 15) is 15.0 Å². The lowest BCUT2D eigenvalue weighted by Crippen LogP contribution is -2.12. The summed E-state index contributed by atoms with van der Waals surface area (Å²) in [6.45, 7) is 4.09. The summed E-state index contributed by atoms with van der Waals surface area (Å²) >= 11 is 0. The quantitative estimate of drug-likeness (QED) is 0.307. The van der Waals surface area contributed by atoms with Crippen LogP contribution in [0.25, 0.3) is 6.08 Å². The van der Waals surface area contributed by atoms with Crippen molar-refractivity contribution in [2.75, 3.05) is 0 Å². The lowest BCUT2D eigenvalue weighted by molar-refractivity contribution is -0.142. The van der Waals surface area contributed by atoms with Crippen LogP contribution in [-0.4, -0.2) is 22.3 Å². The van der Waals surface area contributed by atoms with Crippen LogP contribution < -0.4 is 0 Å². The van der Waals surface area contributed by atoms with E-state index < -0.39 is 5.97 Å². The summed E-state index contributed by atoms with van der Waals surface area (Å²) in [6, 6.07) is 4.37. The molecular formula is C18H26O4. The maximum absolute atomic E-state index is 11.7. The fourth-order valence-corrected chi connectivity index (χ4v) is 2.14. The molecule has 1 aromatic rings. The molecule has 0 saturated heterocycles. The predicted molar refractivity (Wildman–Crippen MR) is 87.7 cm³/mol. The van der Waals surface area contributed by atoms with Gasteiger partial charge in [-0.2, -0.15) is 0 Å². The molecule has 0 heterocycles. The SMILES string of the molecule is CCCCCCCC(C)OC(=O)/C=C/c1ccc(O)c(O)c1. The monoisotopic (exact) mass is 306 g/mol. The molecule has 1 aromatic carbocycles. The smallest absolute Gasteiger partial charge is 0.331 e. The minimum atomic E-state index is -0.395. The van der Waals surface area contributed by atoms with Crippen LogP contribution in [0.3, 0.4) is 0 Å². The predicted octanol–water partition coefficient (Wildman–Crippen LogP) is 4.40. The van der Waals surface area contributed by atoms with Crippen molar-refractivity contribution in [1.29, 1.82) is 0 Å². The van der Waals surface area contributed by atoms with E-state index in [0.717, 1.165) is 12.8 Å². The minimum Gasteiger partial charge on any atom is -0.504 e. The molecule has 122 valence electrons. The molecule has 0 aliphatic rings. The van der Waals surface area contributed by atoms with Crippen molar-refractivity contribution >= 4 is 12.0 Å². The Kier molecular flexibility index (Phi) is 8.11. The van der Waals surface area contributed by atoms with Gasteiger partial charge in [-0.25, -0.2) is 4.79 Å². The molecule has 4 nitrogen and oxygen atoms in total. The van der Waals surface area contributed by atoms with Gasteiger partial charge in [0.25, 0.3) is 0 Å². The lowest BCUT2D eigenvalue weighted by Gasteiger charge is -2.11. The molecule has 0 radical (unpaired) electrons. The molecule has 4 heteroatoms. The summed E-state index contributed by atoms with van der Waals surface area (Å²) in [5, 5.41) is 18.6. The van der Waals surface area contributed by atoms with Gasteiger partial charge in [-0.05, 0) is 43.5 Å². The zero-order chi connectivity index (χ0) is 16.4. The Bertz CT molecular complexity index is 494. The van der Waals surface area contributed by atoms with Crippen LogP contribution in [0.4, 0.5) is 0 Å². The number of phenolic OH excluding ortho intramolecular Hbond substituents is 2. The summed E-state index contributed by atoms with van der Waals surface area (Å²) < 4.78 is 5.29. The van der Waals surface area contributed by atoms with Gasteiger partial charge in [-0.3, -0.25) is 0 Å². The summed E-state index contributed by atoms with van der Waals surface area (Å²) in [6.07, 6.45) is 9.65. The first-order valence-corrected chi connectivity index (χ1v) is 7.93. The summed E-state index contributed by atoms with van der Waals surface area (Å²) in [5.74, 6) is -0.791. The minimum absolute atomic E-state index is 0.0907. The zero-order valence-corrected chi connectivity index (χ0v) is 13.4. The molecule has 0 amide bonds. The van der Waals surface area contributed by atoms with Gasteiger partial charge in [0.15, 0.2) is 11.5 Å². The van der Waals surface area contributed by atoms with Crippen molar-refractivity contribution < 1.29 is 19.7 Å². The van der Waals surface area contributed by atoms with Crippen molar-refractivity contribution in [3.63, 3.8) is 0 Å². The number of hydrogen-bond acceptors (Lipinski definition) is 4. The third-order valence-corrected chi connectivity index (χ3v) is 3.44. The van der Waals surface area contributed by atoms with Crippen LogP contribution in [0.15, 0.2) is 24.3 Å². The number of rotatable bonds is 9. The molecule has 1 atom stereocenters. The summed E-state index contributed by atoms with van der Waals surface area (Å²) in [5.41, 5.74) is 0.625. The fourth-order valence-electron chi connectivity index (χ4n) is 2.14. The summed E-state index contributed by atoms with van der Waals surface area (Å²) in [7, 11) is 0. The van der Waals surface area contributed by atoms with Gasteiger partial charge < -0.3 is 14.9 Å². The van der Waals surface area contributed by atoms with Gasteiger partial charge in [0, 0.05) is 6.08 Å². The third kappa shape index (κ3) is 7.16. The number of carbonyl (C=O) groups is 1. The first-order valence-electron chi connectivity index (χ1n) is 7.93. The van der Waals surface area contributed by atoms with E-state index in [0.29, 0.717) is 5.56 Å². The van der Waals surface area contributed by atoms with Gasteiger partial charge in [-0.15, -0.1) is 0 Å². The van der Waals surface area contributed by atoms with Crippen LogP contribution in [0.2, 0.25) is 0 Å². The van der Waals surface area contributed by atoms with E-state index in [-0.39, 0.29) is 17.6 Å². The fraction of sp³-hybridized carbons (Fsp3) is 0.500. The van der Waals surface area contributed by atoms with Crippen LogP contribution in [0.1, 0.15) is 57.9 Å². The number of benzene rings is 1. The molecule has 0 saturated carbocycles. The molecule has 1 unspecified atom stereocenters. The van der Waals surface area contributed by atoms with Crippen LogP contribution in [-0.2, 0) is 9.53 Å². The highest BCUT2D eigenvalue weighted by atomic mass is 16.5. The molecule has 1 rings (SSSR count). The number of carbonyl (C=O) groups excluding carboxylic acids is 1. The van der Waals surface area contributed by atoms with Crippen molar-refractivity contribution in [1.82, 2.24) is 0 Å². The van der Waals surface area contributed by atoms with E-state index in [1.54, 1.807) is 12.1 Å². The molecule has 0 fully saturated rings. The molecule has 0 bridgehead atoms. The number of hydrogen-bond donors (Lipinski definition) is 2. The zero-order valence-electron chi connectivity index (χ0n) is 13.4. The number of unbranched alkanes of at least 4 members (excludes halogenated alkanes) is 4. The maximum Gasteiger partial charge on any atom is 0.331 e.